The predicted octanol–water partition coefficient (Wildman–Crippen LogP) is 2.35. The standard InChI is InChI=1S/C10H18NSi/c1-12(2)11-9-5-8-10-6-3-4-7-10/h3-4,6-7,10-11H,5,8-9H2,1-2H3. The first-order valence-corrected chi connectivity index (χ1v) is 7.18. The van der Waals surface area contributed by atoms with E-state index in [0.717, 1.165) is 5.92 Å². The summed E-state index contributed by atoms with van der Waals surface area (Å²) in [5.74, 6) is 0.719. The Hall–Kier alpha value is -0.343. The molecule has 0 saturated heterocycles. The lowest BCUT2D eigenvalue weighted by Gasteiger charge is -2.07. The molecule has 0 amide bonds. The first-order chi connectivity index (χ1) is 5.79. The molecule has 0 fully saturated rings. The monoisotopic (exact) mass is 180 g/mol. The summed E-state index contributed by atoms with van der Waals surface area (Å²) in [5.41, 5.74) is 0. The minimum Gasteiger partial charge on any atom is -0.338 e. The molecule has 1 rings (SSSR count). The van der Waals surface area contributed by atoms with Gasteiger partial charge in [-0.15, -0.1) is 0 Å². The van der Waals surface area contributed by atoms with Crippen molar-refractivity contribution < 1.29 is 0 Å². The molecule has 1 aliphatic carbocycles. The second-order valence-corrected chi connectivity index (χ2v) is 5.86. The third-order valence-corrected chi connectivity index (χ3v) is 2.98. The van der Waals surface area contributed by atoms with Crippen LogP contribution >= 0.6 is 0 Å². The number of allylic oxidation sites excluding steroid dienone is 4. The van der Waals surface area contributed by atoms with E-state index < -0.39 is 0 Å². The predicted molar refractivity (Wildman–Crippen MR) is 56.5 cm³/mol. The number of nitrogens with one attached hydrogen (secondary N) is 1. The molecule has 67 valence electrons. The van der Waals surface area contributed by atoms with Crippen LogP contribution in [0.5, 0.6) is 0 Å². The second kappa shape index (κ2) is 5.33. The van der Waals surface area contributed by atoms with E-state index in [1.54, 1.807) is 0 Å². The second-order valence-electron chi connectivity index (χ2n) is 3.50. The summed E-state index contributed by atoms with van der Waals surface area (Å²) < 4.78 is 0. The highest BCUT2D eigenvalue weighted by Crippen LogP contribution is 2.14. The summed E-state index contributed by atoms with van der Waals surface area (Å²) in [6.45, 7) is 5.78. The minimum absolute atomic E-state index is 0.216. The zero-order valence-electron chi connectivity index (χ0n) is 8.01. The van der Waals surface area contributed by atoms with Crippen molar-refractivity contribution in [2.45, 2.75) is 25.9 Å². The van der Waals surface area contributed by atoms with Gasteiger partial charge in [0.1, 0.15) is 8.96 Å². The molecule has 0 heterocycles. The zero-order valence-corrected chi connectivity index (χ0v) is 9.01. The van der Waals surface area contributed by atoms with Gasteiger partial charge in [0.2, 0.25) is 0 Å². The van der Waals surface area contributed by atoms with E-state index in [9.17, 15) is 0 Å². The van der Waals surface area contributed by atoms with E-state index in [4.69, 9.17) is 0 Å². The van der Waals surface area contributed by atoms with Gasteiger partial charge >= 0.3 is 0 Å². The van der Waals surface area contributed by atoms with Crippen LogP contribution in [-0.2, 0) is 0 Å². The van der Waals surface area contributed by atoms with Crippen LogP contribution in [0.4, 0.5) is 0 Å². The van der Waals surface area contributed by atoms with Gasteiger partial charge in [-0.25, -0.2) is 0 Å². The quantitative estimate of drug-likeness (QED) is 0.506. The third kappa shape index (κ3) is 3.88. The number of rotatable bonds is 5. The van der Waals surface area contributed by atoms with E-state index in [1.165, 1.54) is 19.4 Å². The van der Waals surface area contributed by atoms with E-state index >= 15 is 0 Å². The lowest BCUT2D eigenvalue weighted by molar-refractivity contribution is 0.648. The van der Waals surface area contributed by atoms with Crippen molar-refractivity contribution in [1.82, 2.24) is 4.98 Å². The van der Waals surface area contributed by atoms with Gasteiger partial charge in [0.05, 0.1) is 0 Å². The zero-order chi connectivity index (χ0) is 8.81. The van der Waals surface area contributed by atoms with Crippen LogP contribution in [0.25, 0.3) is 0 Å². The lowest BCUT2D eigenvalue weighted by atomic mass is 10.1. The molecule has 0 aromatic carbocycles. The first-order valence-electron chi connectivity index (χ1n) is 4.68. The molecule has 1 nitrogen and oxygen atoms in total. The van der Waals surface area contributed by atoms with Gasteiger partial charge in [-0.2, -0.15) is 0 Å². The molecule has 0 bridgehead atoms. The molecule has 0 unspecified atom stereocenters. The molecule has 2 heteroatoms. The van der Waals surface area contributed by atoms with Gasteiger partial charge in [-0.05, 0) is 25.3 Å². The Balaban J connectivity index is 1.95. The van der Waals surface area contributed by atoms with Crippen LogP contribution in [0.1, 0.15) is 12.8 Å². The Bertz CT molecular complexity index is 161. The average molecular weight is 180 g/mol. The van der Waals surface area contributed by atoms with Crippen LogP contribution in [0.3, 0.4) is 0 Å². The Morgan fingerprint density at radius 2 is 1.92 bits per heavy atom. The van der Waals surface area contributed by atoms with Gasteiger partial charge < -0.3 is 4.98 Å². The van der Waals surface area contributed by atoms with E-state index in [1.807, 2.05) is 0 Å². The van der Waals surface area contributed by atoms with Crippen molar-refractivity contribution in [3.63, 3.8) is 0 Å². The fraction of sp³-hybridized carbons (Fsp3) is 0.600. The lowest BCUT2D eigenvalue weighted by Crippen LogP contribution is -2.28. The summed E-state index contributed by atoms with van der Waals surface area (Å²) >= 11 is 0. The molecule has 12 heavy (non-hydrogen) atoms. The smallest absolute Gasteiger partial charge is 0.126 e. The molecule has 1 N–H and O–H groups in total. The van der Waals surface area contributed by atoms with Crippen molar-refractivity contribution in [2.75, 3.05) is 6.54 Å². The molecule has 1 aliphatic rings. The summed E-state index contributed by atoms with van der Waals surface area (Å²) in [6.07, 6.45) is 11.5. The maximum Gasteiger partial charge on any atom is 0.126 e. The maximum absolute atomic E-state index is 3.52. The van der Waals surface area contributed by atoms with Gasteiger partial charge in [0.15, 0.2) is 0 Å². The first kappa shape index (κ1) is 9.74. The fourth-order valence-corrected chi connectivity index (χ4v) is 2.02. The topological polar surface area (TPSA) is 12.0 Å². The SMILES string of the molecule is C[Si](C)NCCCC1C=CC=C1. The summed E-state index contributed by atoms with van der Waals surface area (Å²) in [7, 11) is -0.216. The summed E-state index contributed by atoms with van der Waals surface area (Å²) in [4.78, 5) is 3.52. The van der Waals surface area contributed by atoms with Crippen molar-refractivity contribution in [2.24, 2.45) is 5.92 Å². The molecule has 0 saturated carbocycles. The highest BCUT2D eigenvalue weighted by Gasteiger charge is 2.02. The maximum atomic E-state index is 3.52. The van der Waals surface area contributed by atoms with Crippen molar-refractivity contribution >= 4 is 8.96 Å². The van der Waals surface area contributed by atoms with Crippen LogP contribution < -0.4 is 4.98 Å². The Morgan fingerprint density at radius 1 is 1.25 bits per heavy atom. The molecule has 1 radical (unpaired) electrons. The molecular formula is C10H18NSi. The molecule has 0 aliphatic heterocycles. The Labute approximate surface area is 77.2 Å². The van der Waals surface area contributed by atoms with Gasteiger partial charge in [0.25, 0.3) is 0 Å². The highest BCUT2D eigenvalue weighted by molar-refractivity contribution is 6.52. The van der Waals surface area contributed by atoms with Gasteiger partial charge in [0, 0.05) is 0 Å². The van der Waals surface area contributed by atoms with Gasteiger partial charge in [-0.3, -0.25) is 0 Å². The summed E-state index contributed by atoms with van der Waals surface area (Å²) in [5, 5.41) is 0. The molecule has 0 aromatic rings. The van der Waals surface area contributed by atoms with Crippen LogP contribution in [-0.4, -0.2) is 15.5 Å². The van der Waals surface area contributed by atoms with Crippen LogP contribution in [0, 0.1) is 5.92 Å². The van der Waals surface area contributed by atoms with Crippen molar-refractivity contribution in [3.05, 3.63) is 24.3 Å². The fourth-order valence-electron chi connectivity index (χ4n) is 1.35. The number of hydrogen-bond donors (Lipinski definition) is 1. The minimum atomic E-state index is -0.216. The number of hydrogen-bond acceptors (Lipinski definition) is 1. The van der Waals surface area contributed by atoms with Crippen LogP contribution in [0.2, 0.25) is 13.1 Å². The van der Waals surface area contributed by atoms with Crippen LogP contribution in [0.15, 0.2) is 24.3 Å². The van der Waals surface area contributed by atoms with E-state index in [0.29, 0.717) is 0 Å². The normalized spacial score (nSPS) is 16.6. The van der Waals surface area contributed by atoms with Crippen molar-refractivity contribution in [1.29, 1.82) is 0 Å². The average Bonchev–Trinajstić information content (AvgIpc) is 2.49. The van der Waals surface area contributed by atoms with Gasteiger partial charge in [-0.1, -0.05) is 37.4 Å². The third-order valence-electron chi connectivity index (χ3n) is 2.02. The molecule has 0 spiro atoms. The Morgan fingerprint density at radius 3 is 2.50 bits per heavy atom. The Kier molecular flexibility index (Phi) is 4.33. The largest absolute Gasteiger partial charge is 0.338 e. The highest BCUT2D eigenvalue weighted by atomic mass is 28.3. The molecule has 0 aromatic heterocycles. The molecular weight excluding hydrogens is 162 g/mol. The summed E-state index contributed by atoms with van der Waals surface area (Å²) in [6, 6.07) is 0. The molecule has 0 atom stereocenters. The van der Waals surface area contributed by atoms with Crippen molar-refractivity contribution in [3.8, 4) is 0 Å². The van der Waals surface area contributed by atoms with E-state index in [-0.39, 0.29) is 8.96 Å². The van der Waals surface area contributed by atoms with E-state index in [2.05, 4.69) is 42.4 Å².